The van der Waals surface area contributed by atoms with E-state index in [9.17, 15) is 18.8 Å². The summed E-state index contributed by atoms with van der Waals surface area (Å²) in [6.07, 6.45) is 0. The second kappa shape index (κ2) is 7.36. The smallest absolute Gasteiger partial charge is 0.328 e. The van der Waals surface area contributed by atoms with Crippen LogP contribution in [0.2, 0.25) is 5.02 Å². The summed E-state index contributed by atoms with van der Waals surface area (Å²) in [5.41, 5.74) is 2.58. The summed E-state index contributed by atoms with van der Waals surface area (Å²) < 4.78 is 13.4. The molecule has 2 aromatic rings. The monoisotopic (exact) mass is 389 g/mol. The van der Waals surface area contributed by atoms with E-state index >= 15 is 0 Å². The van der Waals surface area contributed by atoms with Crippen LogP contribution in [0.3, 0.4) is 0 Å². The van der Waals surface area contributed by atoms with Crippen LogP contribution in [0.5, 0.6) is 0 Å². The highest BCUT2D eigenvalue weighted by Crippen LogP contribution is 2.26. The van der Waals surface area contributed by atoms with Gasteiger partial charge in [0.1, 0.15) is 11.7 Å². The van der Waals surface area contributed by atoms with Gasteiger partial charge >= 0.3 is 6.03 Å². The van der Waals surface area contributed by atoms with E-state index in [1.165, 1.54) is 12.1 Å². The third-order valence-electron chi connectivity index (χ3n) is 4.52. The van der Waals surface area contributed by atoms with Gasteiger partial charge in [-0.05, 0) is 49.2 Å². The third-order valence-corrected chi connectivity index (χ3v) is 4.81. The quantitative estimate of drug-likeness (QED) is 0.789. The Morgan fingerprint density at radius 3 is 2.70 bits per heavy atom. The fraction of sp³-hybridized carbons (Fsp3) is 0.211. The maximum atomic E-state index is 13.4. The van der Waals surface area contributed by atoms with Crippen molar-refractivity contribution in [2.24, 2.45) is 5.92 Å². The van der Waals surface area contributed by atoms with Gasteiger partial charge in [0.25, 0.3) is 0 Å². The summed E-state index contributed by atoms with van der Waals surface area (Å²) in [6, 6.07) is 8.23. The SMILES string of the molecule is Cc1cccc(NC(=O)C2CNC(=O)N(c3ccc(F)c(Cl)c3)C2=O)c1C. The number of carbonyl (C=O) groups is 3. The van der Waals surface area contributed by atoms with Crippen molar-refractivity contribution in [3.63, 3.8) is 0 Å². The summed E-state index contributed by atoms with van der Waals surface area (Å²) >= 11 is 5.74. The molecule has 1 fully saturated rings. The van der Waals surface area contributed by atoms with Crippen LogP contribution in [0.1, 0.15) is 11.1 Å². The van der Waals surface area contributed by atoms with Crippen LogP contribution in [0.4, 0.5) is 20.6 Å². The Bertz CT molecular complexity index is 948. The van der Waals surface area contributed by atoms with Crippen LogP contribution in [-0.4, -0.2) is 24.4 Å². The summed E-state index contributed by atoms with van der Waals surface area (Å²) in [7, 11) is 0. The van der Waals surface area contributed by atoms with Gasteiger partial charge in [-0.15, -0.1) is 0 Å². The zero-order chi connectivity index (χ0) is 19.7. The molecule has 0 aliphatic carbocycles. The number of halogens is 2. The molecule has 1 aliphatic rings. The van der Waals surface area contributed by atoms with E-state index < -0.39 is 29.6 Å². The first-order valence-electron chi connectivity index (χ1n) is 8.23. The first-order valence-corrected chi connectivity index (χ1v) is 8.61. The predicted molar refractivity (Wildman–Crippen MR) is 100 cm³/mol. The van der Waals surface area contributed by atoms with Crippen molar-refractivity contribution in [1.82, 2.24) is 5.32 Å². The molecule has 0 aromatic heterocycles. The molecule has 0 radical (unpaired) electrons. The van der Waals surface area contributed by atoms with E-state index in [4.69, 9.17) is 11.6 Å². The van der Waals surface area contributed by atoms with Crippen LogP contribution >= 0.6 is 11.6 Å². The van der Waals surface area contributed by atoms with Gasteiger partial charge in [-0.1, -0.05) is 23.7 Å². The number of urea groups is 1. The van der Waals surface area contributed by atoms with Crippen molar-refractivity contribution >= 4 is 40.8 Å². The molecule has 1 unspecified atom stereocenters. The Balaban J connectivity index is 1.85. The summed E-state index contributed by atoms with van der Waals surface area (Å²) in [5, 5.41) is 5.01. The number of hydrogen-bond acceptors (Lipinski definition) is 3. The van der Waals surface area contributed by atoms with Gasteiger partial charge in [-0.3, -0.25) is 9.59 Å². The Labute approximate surface area is 160 Å². The van der Waals surface area contributed by atoms with Gasteiger partial charge in [0.2, 0.25) is 11.8 Å². The number of aryl methyl sites for hydroxylation is 1. The van der Waals surface area contributed by atoms with Gasteiger partial charge in [0, 0.05) is 12.2 Å². The molecule has 8 heteroatoms. The molecular weight excluding hydrogens is 373 g/mol. The van der Waals surface area contributed by atoms with E-state index in [1.807, 2.05) is 19.9 Å². The molecule has 0 bridgehead atoms. The number of imide groups is 1. The lowest BCUT2D eigenvalue weighted by Gasteiger charge is -2.31. The van der Waals surface area contributed by atoms with Gasteiger partial charge in [0.15, 0.2) is 0 Å². The maximum Gasteiger partial charge on any atom is 0.328 e. The van der Waals surface area contributed by atoms with Crippen molar-refractivity contribution in [1.29, 1.82) is 0 Å². The highest BCUT2D eigenvalue weighted by molar-refractivity contribution is 6.31. The normalized spacial score (nSPS) is 16.9. The standard InChI is InChI=1S/C19H17ClFN3O3/c1-10-4-3-5-16(11(10)2)23-17(25)13-9-22-19(27)24(18(13)26)12-6-7-15(21)14(20)8-12/h3-8,13H,9H2,1-2H3,(H,22,27)(H,23,25). The Morgan fingerprint density at radius 2 is 2.00 bits per heavy atom. The van der Waals surface area contributed by atoms with E-state index in [2.05, 4.69) is 10.6 Å². The third kappa shape index (κ3) is 3.64. The predicted octanol–water partition coefficient (Wildman–Crippen LogP) is 3.41. The van der Waals surface area contributed by atoms with Crippen LogP contribution in [0, 0.1) is 25.6 Å². The molecular formula is C19H17ClFN3O3. The lowest BCUT2D eigenvalue weighted by atomic mass is 10.0. The molecule has 2 aromatic carbocycles. The average molecular weight is 390 g/mol. The minimum absolute atomic E-state index is 0.0909. The zero-order valence-electron chi connectivity index (χ0n) is 14.7. The summed E-state index contributed by atoms with van der Waals surface area (Å²) in [4.78, 5) is 38.4. The number of carbonyl (C=O) groups excluding carboxylic acids is 3. The molecule has 1 heterocycles. The average Bonchev–Trinajstić information content (AvgIpc) is 2.62. The van der Waals surface area contributed by atoms with E-state index in [0.29, 0.717) is 5.69 Å². The van der Waals surface area contributed by atoms with Crippen LogP contribution in [0.15, 0.2) is 36.4 Å². The van der Waals surface area contributed by atoms with Gasteiger partial charge < -0.3 is 10.6 Å². The van der Waals surface area contributed by atoms with Gasteiger partial charge in [0.05, 0.1) is 10.7 Å². The molecule has 3 rings (SSSR count). The number of nitrogens with zero attached hydrogens (tertiary/aromatic N) is 1. The lowest BCUT2D eigenvalue weighted by molar-refractivity contribution is -0.130. The second-order valence-corrected chi connectivity index (χ2v) is 6.65. The maximum absolute atomic E-state index is 13.4. The van der Waals surface area contributed by atoms with Crippen molar-refractivity contribution in [2.75, 3.05) is 16.8 Å². The first kappa shape index (κ1) is 18.8. The topological polar surface area (TPSA) is 78.5 Å². The lowest BCUT2D eigenvalue weighted by Crippen LogP contribution is -2.58. The fourth-order valence-electron chi connectivity index (χ4n) is 2.79. The minimum atomic E-state index is -1.12. The number of anilines is 2. The number of rotatable bonds is 3. The molecule has 1 saturated heterocycles. The van der Waals surface area contributed by atoms with Crippen LogP contribution in [0.25, 0.3) is 0 Å². The minimum Gasteiger partial charge on any atom is -0.336 e. The van der Waals surface area contributed by atoms with E-state index in [1.54, 1.807) is 12.1 Å². The number of benzene rings is 2. The molecule has 2 N–H and O–H groups in total. The Morgan fingerprint density at radius 1 is 1.26 bits per heavy atom. The molecule has 0 saturated carbocycles. The molecule has 27 heavy (non-hydrogen) atoms. The molecule has 140 valence electrons. The Kier molecular flexibility index (Phi) is 5.14. The molecule has 6 nitrogen and oxygen atoms in total. The Hall–Kier alpha value is -2.93. The summed E-state index contributed by atoms with van der Waals surface area (Å²) in [5.74, 6) is -3.03. The second-order valence-electron chi connectivity index (χ2n) is 6.25. The molecule has 4 amide bonds. The number of hydrogen-bond donors (Lipinski definition) is 2. The highest BCUT2D eigenvalue weighted by Gasteiger charge is 2.39. The van der Waals surface area contributed by atoms with Crippen molar-refractivity contribution in [3.8, 4) is 0 Å². The van der Waals surface area contributed by atoms with Gasteiger partial charge in [-0.25, -0.2) is 14.1 Å². The molecule has 1 aliphatic heterocycles. The largest absolute Gasteiger partial charge is 0.336 e. The number of amides is 4. The number of nitrogens with one attached hydrogen (secondary N) is 2. The van der Waals surface area contributed by atoms with E-state index in [-0.39, 0.29) is 17.3 Å². The molecule has 1 atom stereocenters. The fourth-order valence-corrected chi connectivity index (χ4v) is 2.97. The van der Waals surface area contributed by atoms with Crippen LogP contribution in [-0.2, 0) is 9.59 Å². The van der Waals surface area contributed by atoms with Crippen molar-refractivity contribution in [3.05, 3.63) is 58.4 Å². The van der Waals surface area contributed by atoms with E-state index in [0.717, 1.165) is 22.1 Å². The van der Waals surface area contributed by atoms with Crippen molar-refractivity contribution in [2.45, 2.75) is 13.8 Å². The highest BCUT2D eigenvalue weighted by atomic mass is 35.5. The first-order chi connectivity index (χ1) is 12.8. The zero-order valence-corrected chi connectivity index (χ0v) is 15.4. The molecule has 0 spiro atoms. The van der Waals surface area contributed by atoms with Gasteiger partial charge in [-0.2, -0.15) is 0 Å². The van der Waals surface area contributed by atoms with Crippen molar-refractivity contribution < 1.29 is 18.8 Å². The van der Waals surface area contributed by atoms with Crippen LogP contribution < -0.4 is 15.5 Å². The summed E-state index contributed by atoms with van der Waals surface area (Å²) in [6.45, 7) is 3.65.